The molecule has 0 fully saturated rings. The van der Waals surface area contributed by atoms with Gasteiger partial charge in [-0.15, -0.1) is 0 Å². The van der Waals surface area contributed by atoms with Crippen molar-refractivity contribution in [1.82, 2.24) is 20.9 Å². The van der Waals surface area contributed by atoms with Gasteiger partial charge in [-0.2, -0.15) is 0 Å². The number of hydrogen-bond donors (Lipinski definition) is 8. The molecule has 4 atom stereocenters. The van der Waals surface area contributed by atoms with E-state index < -0.39 is 66.2 Å². The summed E-state index contributed by atoms with van der Waals surface area (Å²) < 4.78 is 0. The molecule has 3 aromatic rings. The Morgan fingerprint density at radius 3 is 2.02 bits per heavy atom. The Kier molecular flexibility index (Phi) is 11.3. The average Bonchev–Trinajstić information content (AvgIpc) is 3.37. The quantitative estimate of drug-likeness (QED) is 0.107. The number of aromatic nitrogens is 1. The van der Waals surface area contributed by atoms with Crippen molar-refractivity contribution >= 4 is 46.5 Å². The number of benzene rings is 2. The summed E-state index contributed by atoms with van der Waals surface area (Å²) in [7, 11) is 0. The van der Waals surface area contributed by atoms with Gasteiger partial charge in [0.25, 0.3) is 0 Å². The maximum atomic E-state index is 13.4. The van der Waals surface area contributed by atoms with E-state index in [0.29, 0.717) is 11.1 Å². The Balaban J connectivity index is 1.77. The molecular weight excluding hydrogens is 560 g/mol. The largest absolute Gasteiger partial charge is 0.481 e. The van der Waals surface area contributed by atoms with Crippen molar-refractivity contribution in [3.63, 3.8) is 0 Å². The Labute approximate surface area is 246 Å². The van der Waals surface area contributed by atoms with Crippen LogP contribution in [0, 0.1) is 0 Å². The molecular formula is C29H34N6O8. The third-order valence-electron chi connectivity index (χ3n) is 6.67. The summed E-state index contributed by atoms with van der Waals surface area (Å²) in [5.41, 5.74) is 13.2. The molecule has 0 radical (unpaired) electrons. The summed E-state index contributed by atoms with van der Waals surface area (Å²) in [6.45, 7) is 0. The van der Waals surface area contributed by atoms with Gasteiger partial charge in [-0.05, 0) is 23.6 Å². The molecule has 0 aliphatic carbocycles. The second-order valence-corrected chi connectivity index (χ2v) is 9.98. The summed E-state index contributed by atoms with van der Waals surface area (Å²) in [6.07, 6.45) is 0.306. The minimum absolute atomic E-state index is 0.0344. The van der Waals surface area contributed by atoms with Crippen LogP contribution in [0.5, 0.6) is 0 Å². The third-order valence-corrected chi connectivity index (χ3v) is 6.67. The van der Waals surface area contributed by atoms with Crippen LogP contribution in [0.3, 0.4) is 0 Å². The fourth-order valence-electron chi connectivity index (χ4n) is 4.42. The molecule has 2 aromatic carbocycles. The highest BCUT2D eigenvalue weighted by molar-refractivity contribution is 5.96. The fourth-order valence-corrected chi connectivity index (χ4v) is 4.42. The molecule has 4 unspecified atom stereocenters. The van der Waals surface area contributed by atoms with Crippen LogP contribution in [0.15, 0.2) is 60.8 Å². The van der Waals surface area contributed by atoms with Gasteiger partial charge in [0.15, 0.2) is 0 Å². The number of hydrogen-bond acceptors (Lipinski definition) is 7. The lowest BCUT2D eigenvalue weighted by molar-refractivity contribution is -0.142. The van der Waals surface area contributed by atoms with Crippen LogP contribution in [0.4, 0.5) is 0 Å². The molecule has 0 saturated carbocycles. The van der Waals surface area contributed by atoms with Crippen molar-refractivity contribution in [2.45, 2.75) is 56.3 Å². The van der Waals surface area contributed by atoms with Crippen LogP contribution in [-0.4, -0.2) is 74.9 Å². The van der Waals surface area contributed by atoms with Crippen molar-refractivity contribution in [2.75, 3.05) is 0 Å². The van der Waals surface area contributed by atoms with E-state index in [1.54, 1.807) is 48.7 Å². The normalized spacial score (nSPS) is 13.7. The first-order valence-corrected chi connectivity index (χ1v) is 13.4. The number of aromatic amines is 1. The Morgan fingerprint density at radius 2 is 1.37 bits per heavy atom. The number of H-pyrrole nitrogens is 1. The zero-order chi connectivity index (χ0) is 31.5. The molecule has 0 spiro atoms. The van der Waals surface area contributed by atoms with Gasteiger partial charge >= 0.3 is 11.9 Å². The number of carboxylic acids is 2. The van der Waals surface area contributed by atoms with Crippen LogP contribution in [0.25, 0.3) is 10.9 Å². The molecule has 0 aliphatic rings. The number of carbonyl (C=O) groups is 6. The van der Waals surface area contributed by atoms with E-state index in [-0.39, 0.29) is 25.7 Å². The zero-order valence-corrected chi connectivity index (χ0v) is 23.1. The highest BCUT2D eigenvalue weighted by atomic mass is 16.4. The number of aliphatic carboxylic acids is 2. The van der Waals surface area contributed by atoms with E-state index in [4.69, 9.17) is 16.6 Å². The minimum atomic E-state index is -1.56. The van der Waals surface area contributed by atoms with Gasteiger partial charge in [-0.25, -0.2) is 4.79 Å². The van der Waals surface area contributed by atoms with Crippen LogP contribution in [0.1, 0.15) is 30.4 Å². The first kappa shape index (κ1) is 32.3. The number of carbonyl (C=O) groups excluding carboxylic acids is 4. The maximum absolute atomic E-state index is 13.4. The highest BCUT2D eigenvalue weighted by Crippen LogP contribution is 2.19. The SMILES string of the molecule is NC(=O)CC(NC(=O)C(Cc1ccccc1)NC(=O)C(N)CCC(=O)O)C(=O)NC(Cc1c[nH]c2ccccc12)C(=O)O. The molecule has 0 saturated heterocycles. The molecule has 0 aliphatic heterocycles. The lowest BCUT2D eigenvalue weighted by Crippen LogP contribution is -2.58. The van der Waals surface area contributed by atoms with Gasteiger partial charge in [0.2, 0.25) is 23.6 Å². The number of nitrogens with one attached hydrogen (secondary N) is 4. The van der Waals surface area contributed by atoms with E-state index >= 15 is 0 Å². The third kappa shape index (κ3) is 9.67. The van der Waals surface area contributed by atoms with Crippen LogP contribution in [-0.2, 0) is 41.6 Å². The first-order chi connectivity index (χ1) is 20.4. The molecule has 228 valence electrons. The summed E-state index contributed by atoms with van der Waals surface area (Å²) >= 11 is 0. The number of rotatable bonds is 16. The Morgan fingerprint density at radius 1 is 0.767 bits per heavy atom. The van der Waals surface area contributed by atoms with Crippen molar-refractivity contribution in [1.29, 1.82) is 0 Å². The number of nitrogens with two attached hydrogens (primary N) is 2. The standard InChI is InChI=1S/C29H34N6O8/c30-19(10-11-25(37)38)26(39)33-21(12-16-6-2-1-3-7-16)27(40)34-22(14-24(31)36)28(41)35-23(29(42)43)13-17-15-32-20-9-5-4-8-18(17)20/h1-9,15,19,21-23,32H,10-14,30H2,(H2,31,36)(H,33,39)(H,34,40)(H,35,41)(H,37,38)(H,42,43). The lowest BCUT2D eigenvalue weighted by Gasteiger charge is -2.25. The molecule has 10 N–H and O–H groups in total. The molecule has 14 nitrogen and oxygen atoms in total. The zero-order valence-electron chi connectivity index (χ0n) is 23.1. The van der Waals surface area contributed by atoms with Crippen molar-refractivity contribution in [3.05, 3.63) is 71.9 Å². The Bertz CT molecular complexity index is 1470. The number of amides is 4. The first-order valence-electron chi connectivity index (χ1n) is 13.4. The van der Waals surface area contributed by atoms with Crippen LogP contribution < -0.4 is 27.4 Å². The van der Waals surface area contributed by atoms with Gasteiger partial charge < -0.3 is 42.6 Å². The number of fused-ring (bicyclic) bond motifs is 1. The minimum Gasteiger partial charge on any atom is -0.481 e. The molecule has 1 aromatic heterocycles. The molecule has 1 heterocycles. The predicted octanol–water partition coefficient (Wildman–Crippen LogP) is -0.440. The van der Waals surface area contributed by atoms with Gasteiger partial charge in [-0.3, -0.25) is 24.0 Å². The number of carboxylic acid groups (broad SMARTS) is 2. The highest BCUT2D eigenvalue weighted by Gasteiger charge is 2.32. The van der Waals surface area contributed by atoms with Gasteiger partial charge in [0.1, 0.15) is 18.1 Å². The smallest absolute Gasteiger partial charge is 0.326 e. The van der Waals surface area contributed by atoms with E-state index in [1.165, 1.54) is 0 Å². The van der Waals surface area contributed by atoms with Gasteiger partial charge in [0.05, 0.1) is 12.5 Å². The maximum Gasteiger partial charge on any atom is 0.326 e. The van der Waals surface area contributed by atoms with Crippen molar-refractivity contribution in [2.24, 2.45) is 11.5 Å². The van der Waals surface area contributed by atoms with Crippen molar-refractivity contribution < 1.29 is 39.0 Å². The second-order valence-electron chi connectivity index (χ2n) is 9.98. The van der Waals surface area contributed by atoms with Crippen LogP contribution >= 0.6 is 0 Å². The molecule has 43 heavy (non-hydrogen) atoms. The molecule has 3 rings (SSSR count). The molecule has 4 amide bonds. The number of primary amides is 1. The summed E-state index contributed by atoms with van der Waals surface area (Å²) in [5.74, 6) is -6.06. The summed E-state index contributed by atoms with van der Waals surface area (Å²) in [5, 5.41) is 26.7. The predicted molar refractivity (Wildman–Crippen MR) is 154 cm³/mol. The van der Waals surface area contributed by atoms with Gasteiger partial charge in [0, 0.05) is 36.4 Å². The lowest BCUT2D eigenvalue weighted by atomic mass is 10.0. The summed E-state index contributed by atoms with van der Waals surface area (Å²) in [6, 6.07) is 10.3. The van der Waals surface area contributed by atoms with E-state index in [2.05, 4.69) is 20.9 Å². The van der Waals surface area contributed by atoms with E-state index in [9.17, 15) is 33.9 Å². The molecule has 0 bridgehead atoms. The molecule has 14 heteroatoms. The monoisotopic (exact) mass is 594 g/mol. The van der Waals surface area contributed by atoms with Gasteiger partial charge in [-0.1, -0.05) is 48.5 Å². The average molecular weight is 595 g/mol. The van der Waals surface area contributed by atoms with Crippen molar-refractivity contribution in [3.8, 4) is 0 Å². The topological polar surface area (TPSA) is 247 Å². The Hall–Kier alpha value is -5.24. The summed E-state index contributed by atoms with van der Waals surface area (Å²) in [4.78, 5) is 77.1. The fraction of sp³-hybridized carbons (Fsp3) is 0.310. The van der Waals surface area contributed by atoms with Crippen LogP contribution in [0.2, 0.25) is 0 Å². The number of para-hydroxylation sites is 1. The second kappa shape index (κ2) is 15.1. The van der Waals surface area contributed by atoms with E-state index in [0.717, 1.165) is 10.9 Å². The van der Waals surface area contributed by atoms with E-state index in [1.807, 2.05) is 12.1 Å².